The third-order valence-corrected chi connectivity index (χ3v) is 1.18. The van der Waals surface area contributed by atoms with E-state index in [0.717, 1.165) is 0 Å². The molecule has 10 heavy (non-hydrogen) atoms. The highest BCUT2D eigenvalue weighted by atomic mass is 16.4. The van der Waals surface area contributed by atoms with Crippen molar-refractivity contribution in [3.8, 4) is 0 Å². The molecule has 0 aromatic carbocycles. The quantitative estimate of drug-likeness (QED) is 0.638. The average molecular weight is 143 g/mol. The van der Waals surface area contributed by atoms with Gasteiger partial charge in [0.15, 0.2) is 6.29 Å². The lowest BCUT2D eigenvalue weighted by molar-refractivity contribution is -0.139. The van der Waals surface area contributed by atoms with Crippen molar-refractivity contribution in [2.75, 3.05) is 0 Å². The fourth-order valence-electron chi connectivity index (χ4n) is 0.667. The van der Waals surface area contributed by atoms with Crippen LogP contribution in [-0.2, 0) is 9.59 Å². The smallest absolute Gasteiger partial charge is 0.303 e. The van der Waals surface area contributed by atoms with Gasteiger partial charge >= 0.3 is 5.97 Å². The molecule has 0 rings (SSSR count). The van der Waals surface area contributed by atoms with E-state index >= 15 is 0 Å². The SMILES string of the molecule is CC(C)(C[C]=O)CC(=O)O. The first-order chi connectivity index (χ1) is 4.48. The lowest BCUT2D eigenvalue weighted by Crippen LogP contribution is -2.16. The summed E-state index contributed by atoms with van der Waals surface area (Å²) in [5.74, 6) is -0.875. The molecule has 0 aliphatic carbocycles. The van der Waals surface area contributed by atoms with E-state index in [1.54, 1.807) is 20.1 Å². The molecule has 0 spiro atoms. The molecule has 1 radical (unpaired) electrons. The molecule has 0 aliphatic heterocycles. The maximum atomic E-state index is 10.2. The van der Waals surface area contributed by atoms with Crippen LogP contribution in [0.3, 0.4) is 0 Å². The van der Waals surface area contributed by atoms with Gasteiger partial charge in [0.25, 0.3) is 0 Å². The Kier molecular flexibility index (Phi) is 3.06. The van der Waals surface area contributed by atoms with Crippen LogP contribution in [0, 0.1) is 5.41 Å². The molecule has 0 amide bonds. The average Bonchev–Trinajstić information content (AvgIpc) is 1.59. The predicted octanol–water partition coefficient (Wildman–Crippen LogP) is 0.987. The van der Waals surface area contributed by atoms with Gasteiger partial charge in [-0.05, 0) is 5.41 Å². The van der Waals surface area contributed by atoms with Crippen molar-refractivity contribution >= 4 is 12.3 Å². The summed E-state index contributed by atoms with van der Waals surface area (Å²) < 4.78 is 0. The summed E-state index contributed by atoms with van der Waals surface area (Å²) in [5.41, 5.74) is -0.451. The first kappa shape index (κ1) is 9.14. The largest absolute Gasteiger partial charge is 0.481 e. The summed E-state index contributed by atoms with van der Waals surface area (Å²) >= 11 is 0. The maximum absolute atomic E-state index is 10.2. The fraction of sp³-hybridized carbons (Fsp3) is 0.714. The minimum atomic E-state index is -0.875. The summed E-state index contributed by atoms with van der Waals surface area (Å²) in [4.78, 5) is 20.0. The summed E-state index contributed by atoms with van der Waals surface area (Å²) in [6.45, 7) is 3.46. The van der Waals surface area contributed by atoms with Gasteiger partial charge in [-0.25, -0.2) is 0 Å². The fourth-order valence-corrected chi connectivity index (χ4v) is 0.667. The van der Waals surface area contributed by atoms with Gasteiger partial charge < -0.3 is 5.11 Å². The molecule has 0 aliphatic rings. The van der Waals surface area contributed by atoms with E-state index in [1.165, 1.54) is 0 Å². The zero-order chi connectivity index (χ0) is 8.20. The number of carboxylic acids is 1. The van der Waals surface area contributed by atoms with Gasteiger partial charge in [0.2, 0.25) is 0 Å². The number of aliphatic carboxylic acids is 1. The molecule has 0 heterocycles. The van der Waals surface area contributed by atoms with Crippen molar-refractivity contribution in [3.63, 3.8) is 0 Å². The van der Waals surface area contributed by atoms with Gasteiger partial charge in [-0.3, -0.25) is 9.59 Å². The first-order valence-corrected chi connectivity index (χ1v) is 3.05. The van der Waals surface area contributed by atoms with Crippen LogP contribution in [0.25, 0.3) is 0 Å². The minimum Gasteiger partial charge on any atom is -0.481 e. The Hall–Kier alpha value is -0.860. The predicted molar refractivity (Wildman–Crippen MR) is 36.3 cm³/mol. The van der Waals surface area contributed by atoms with E-state index in [4.69, 9.17) is 5.11 Å². The molecule has 57 valence electrons. The van der Waals surface area contributed by atoms with Crippen molar-refractivity contribution in [1.82, 2.24) is 0 Å². The van der Waals surface area contributed by atoms with Crippen LogP contribution >= 0.6 is 0 Å². The molecule has 0 saturated heterocycles. The monoisotopic (exact) mass is 143 g/mol. The Bertz CT molecular complexity index is 138. The van der Waals surface area contributed by atoms with Crippen LogP contribution in [0.15, 0.2) is 0 Å². The number of carbonyl (C=O) groups excluding carboxylic acids is 1. The second kappa shape index (κ2) is 3.34. The zero-order valence-corrected chi connectivity index (χ0v) is 6.18. The molecular weight excluding hydrogens is 132 g/mol. The minimum absolute atomic E-state index is 0.0161. The lowest BCUT2D eigenvalue weighted by Gasteiger charge is -2.17. The van der Waals surface area contributed by atoms with Crippen molar-refractivity contribution in [3.05, 3.63) is 0 Å². The Balaban J connectivity index is 3.85. The summed E-state index contributed by atoms with van der Waals surface area (Å²) in [5, 5.41) is 8.35. The second-order valence-corrected chi connectivity index (χ2v) is 3.06. The number of carbonyl (C=O) groups is 1. The summed E-state index contributed by atoms with van der Waals surface area (Å²) in [6.07, 6.45) is 1.90. The molecule has 0 aromatic heterocycles. The van der Waals surface area contributed by atoms with Gasteiger partial charge in [-0.15, -0.1) is 0 Å². The van der Waals surface area contributed by atoms with E-state index < -0.39 is 11.4 Å². The maximum Gasteiger partial charge on any atom is 0.303 e. The number of carboxylic acid groups (broad SMARTS) is 1. The molecule has 0 fully saturated rings. The normalized spacial score (nSPS) is 11.0. The molecule has 0 saturated carbocycles. The Morgan fingerprint density at radius 2 is 2.10 bits per heavy atom. The van der Waals surface area contributed by atoms with Crippen molar-refractivity contribution in [2.45, 2.75) is 26.7 Å². The molecule has 0 unspecified atom stereocenters. The van der Waals surface area contributed by atoms with Gasteiger partial charge in [-0.2, -0.15) is 0 Å². The van der Waals surface area contributed by atoms with Crippen molar-refractivity contribution < 1.29 is 14.7 Å². The Labute approximate surface area is 60.0 Å². The van der Waals surface area contributed by atoms with Crippen molar-refractivity contribution in [1.29, 1.82) is 0 Å². The molecule has 0 aromatic rings. The van der Waals surface area contributed by atoms with E-state index in [1.807, 2.05) is 0 Å². The van der Waals surface area contributed by atoms with Crippen LogP contribution in [0.5, 0.6) is 0 Å². The summed E-state index contributed by atoms with van der Waals surface area (Å²) in [6, 6.07) is 0. The van der Waals surface area contributed by atoms with Crippen LogP contribution in [-0.4, -0.2) is 17.4 Å². The zero-order valence-electron chi connectivity index (χ0n) is 6.18. The molecular formula is C7H11O3. The van der Waals surface area contributed by atoms with E-state index in [9.17, 15) is 9.59 Å². The molecule has 3 nitrogen and oxygen atoms in total. The third kappa shape index (κ3) is 4.06. The molecule has 0 atom stereocenters. The van der Waals surface area contributed by atoms with Gasteiger partial charge in [0.1, 0.15) is 0 Å². The van der Waals surface area contributed by atoms with Crippen LogP contribution < -0.4 is 0 Å². The van der Waals surface area contributed by atoms with Crippen LogP contribution in [0.2, 0.25) is 0 Å². The van der Waals surface area contributed by atoms with Crippen molar-refractivity contribution in [2.24, 2.45) is 5.41 Å². The van der Waals surface area contributed by atoms with Gasteiger partial charge in [0, 0.05) is 6.42 Å². The van der Waals surface area contributed by atoms with Crippen LogP contribution in [0.1, 0.15) is 26.7 Å². The first-order valence-electron chi connectivity index (χ1n) is 3.05. The standard InChI is InChI=1S/C7H11O3/c1-7(2,3-4-8)5-6(9)10/h3,5H2,1-2H3,(H,9,10). The van der Waals surface area contributed by atoms with Crippen LogP contribution in [0.4, 0.5) is 0 Å². The Morgan fingerprint density at radius 1 is 1.60 bits per heavy atom. The molecule has 3 heteroatoms. The highest BCUT2D eigenvalue weighted by molar-refractivity contribution is 5.68. The molecule has 0 bridgehead atoms. The van der Waals surface area contributed by atoms with Gasteiger partial charge in [0.05, 0.1) is 6.42 Å². The number of rotatable bonds is 4. The second-order valence-electron chi connectivity index (χ2n) is 3.06. The van der Waals surface area contributed by atoms with Gasteiger partial charge in [-0.1, -0.05) is 13.8 Å². The lowest BCUT2D eigenvalue weighted by atomic mass is 9.86. The highest BCUT2D eigenvalue weighted by Crippen LogP contribution is 2.22. The van der Waals surface area contributed by atoms with E-state index in [2.05, 4.69) is 0 Å². The molecule has 1 N–H and O–H groups in total. The van der Waals surface area contributed by atoms with E-state index in [0.29, 0.717) is 0 Å². The number of hydrogen-bond acceptors (Lipinski definition) is 2. The summed E-state index contributed by atoms with van der Waals surface area (Å²) in [7, 11) is 0. The number of hydrogen-bond donors (Lipinski definition) is 1. The third-order valence-electron chi connectivity index (χ3n) is 1.18. The topological polar surface area (TPSA) is 54.4 Å². The highest BCUT2D eigenvalue weighted by Gasteiger charge is 2.20. The van der Waals surface area contributed by atoms with E-state index in [-0.39, 0.29) is 12.8 Å². The Morgan fingerprint density at radius 3 is 2.40 bits per heavy atom.